The number of rotatable bonds is 4. The van der Waals surface area contributed by atoms with E-state index in [1.54, 1.807) is 42.1 Å². The second kappa shape index (κ2) is 7.76. The fraction of sp³-hybridized carbons (Fsp3) is 0.136. The lowest BCUT2D eigenvalue weighted by Gasteiger charge is -2.27. The molecule has 0 saturated heterocycles. The second-order valence-electron chi connectivity index (χ2n) is 7.09. The number of non-ortho nitro benzene ring substituents is 1. The van der Waals surface area contributed by atoms with E-state index in [1.165, 1.54) is 18.2 Å². The predicted octanol–water partition coefficient (Wildman–Crippen LogP) is 2.73. The lowest BCUT2D eigenvalue weighted by Crippen LogP contribution is -2.33. The Balaban J connectivity index is 1.94. The molecule has 0 bridgehead atoms. The van der Waals surface area contributed by atoms with Gasteiger partial charge >= 0.3 is 0 Å². The fourth-order valence-corrected chi connectivity index (χ4v) is 3.71. The van der Waals surface area contributed by atoms with Gasteiger partial charge in [-0.15, -0.1) is 0 Å². The van der Waals surface area contributed by atoms with E-state index >= 15 is 0 Å². The van der Waals surface area contributed by atoms with Crippen molar-refractivity contribution in [3.63, 3.8) is 0 Å². The maximum Gasteiger partial charge on any atom is 0.269 e. The Labute approximate surface area is 176 Å². The van der Waals surface area contributed by atoms with Gasteiger partial charge in [-0.05, 0) is 24.1 Å². The van der Waals surface area contributed by atoms with Crippen molar-refractivity contribution >= 4 is 5.69 Å². The number of benzene rings is 1. The van der Waals surface area contributed by atoms with Crippen molar-refractivity contribution in [3.8, 4) is 11.8 Å². The number of aryl methyl sites for hydroxylation is 1. The summed E-state index contributed by atoms with van der Waals surface area (Å²) >= 11 is 0. The van der Waals surface area contributed by atoms with Crippen LogP contribution in [0.25, 0.3) is 0 Å². The van der Waals surface area contributed by atoms with Crippen molar-refractivity contribution in [1.82, 2.24) is 9.55 Å². The van der Waals surface area contributed by atoms with Crippen LogP contribution in [0.15, 0.2) is 71.1 Å². The third-order valence-electron chi connectivity index (χ3n) is 5.17. The van der Waals surface area contributed by atoms with Gasteiger partial charge in [0, 0.05) is 36.3 Å². The molecule has 2 N–H and O–H groups in total. The Morgan fingerprint density at radius 2 is 2.13 bits per heavy atom. The van der Waals surface area contributed by atoms with E-state index in [0.717, 1.165) is 5.56 Å². The molecular formula is C22H17N5O4. The van der Waals surface area contributed by atoms with E-state index in [9.17, 15) is 20.2 Å². The second-order valence-corrected chi connectivity index (χ2v) is 7.09. The highest BCUT2D eigenvalue weighted by Crippen LogP contribution is 2.41. The van der Waals surface area contributed by atoms with Gasteiger partial charge in [-0.2, -0.15) is 5.26 Å². The van der Waals surface area contributed by atoms with Crippen molar-refractivity contribution in [1.29, 1.82) is 5.26 Å². The Kier molecular flexibility index (Phi) is 4.97. The van der Waals surface area contributed by atoms with Gasteiger partial charge in [-0.25, -0.2) is 0 Å². The number of hydrogen-bond acceptors (Lipinski definition) is 7. The number of nitrogens with two attached hydrogens (primary N) is 1. The molecular weight excluding hydrogens is 398 g/mol. The van der Waals surface area contributed by atoms with E-state index < -0.39 is 10.8 Å². The Bertz CT molecular complexity index is 1320. The summed E-state index contributed by atoms with van der Waals surface area (Å²) in [4.78, 5) is 28.4. The first-order chi connectivity index (χ1) is 14.9. The summed E-state index contributed by atoms with van der Waals surface area (Å²) in [5.41, 5.74) is 7.57. The first-order valence-corrected chi connectivity index (χ1v) is 9.36. The average molecular weight is 415 g/mol. The number of aromatic nitrogens is 2. The van der Waals surface area contributed by atoms with Gasteiger partial charge in [0.15, 0.2) is 0 Å². The van der Waals surface area contributed by atoms with Gasteiger partial charge in [0.1, 0.15) is 17.4 Å². The summed E-state index contributed by atoms with van der Waals surface area (Å²) < 4.78 is 7.16. The SMILES string of the molecule is Cc1cc2c(c(=O)n1Cc1cccnc1)[C@H](c1cccc([N+](=O)[O-])c1)C(C#N)=C(N)O2. The molecule has 1 atom stereocenters. The van der Waals surface area contributed by atoms with Gasteiger partial charge < -0.3 is 15.0 Å². The van der Waals surface area contributed by atoms with Crippen molar-refractivity contribution < 1.29 is 9.66 Å². The topological polar surface area (TPSA) is 137 Å². The molecule has 3 aromatic rings. The quantitative estimate of drug-likeness (QED) is 0.511. The van der Waals surface area contributed by atoms with Crippen LogP contribution >= 0.6 is 0 Å². The fourth-order valence-electron chi connectivity index (χ4n) is 3.71. The zero-order valence-electron chi connectivity index (χ0n) is 16.5. The Hall–Kier alpha value is -4.45. The molecule has 0 spiro atoms. The average Bonchev–Trinajstić information content (AvgIpc) is 2.76. The van der Waals surface area contributed by atoms with E-state index in [4.69, 9.17) is 10.5 Å². The lowest BCUT2D eigenvalue weighted by atomic mass is 9.84. The zero-order chi connectivity index (χ0) is 22.1. The summed E-state index contributed by atoms with van der Waals surface area (Å²) in [6.45, 7) is 2.04. The number of ether oxygens (including phenoxy) is 1. The highest BCUT2D eigenvalue weighted by molar-refractivity contribution is 5.56. The molecule has 0 amide bonds. The minimum Gasteiger partial charge on any atom is -0.440 e. The van der Waals surface area contributed by atoms with Crippen LogP contribution in [-0.4, -0.2) is 14.5 Å². The van der Waals surface area contributed by atoms with Gasteiger partial charge in [0.2, 0.25) is 5.88 Å². The third-order valence-corrected chi connectivity index (χ3v) is 5.17. The molecule has 2 aromatic heterocycles. The zero-order valence-corrected chi connectivity index (χ0v) is 16.5. The third kappa shape index (κ3) is 3.51. The van der Waals surface area contributed by atoms with Gasteiger partial charge in [-0.3, -0.25) is 19.9 Å². The largest absolute Gasteiger partial charge is 0.440 e. The van der Waals surface area contributed by atoms with E-state index in [2.05, 4.69) is 4.98 Å². The summed E-state index contributed by atoms with van der Waals surface area (Å²) in [6, 6.07) is 13.1. The van der Waals surface area contributed by atoms with Crippen molar-refractivity contribution in [2.24, 2.45) is 5.73 Å². The molecule has 0 aliphatic carbocycles. The summed E-state index contributed by atoms with van der Waals surface area (Å²) in [5.74, 6) is -0.782. The summed E-state index contributed by atoms with van der Waals surface area (Å²) in [7, 11) is 0. The number of nitro groups is 1. The van der Waals surface area contributed by atoms with Gasteiger partial charge in [0.25, 0.3) is 11.2 Å². The van der Waals surface area contributed by atoms with Gasteiger partial charge in [0.05, 0.1) is 22.9 Å². The Morgan fingerprint density at radius 3 is 2.81 bits per heavy atom. The molecule has 0 radical (unpaired) electrons. The molecule has 9 heteroatoms. The van der Waals surface area contributed by atoms with Crippen molar-refractivity contribution in [3.05, 3.63) is 109 Å². The Morgan fingerprint density at radius 1 is 1.32 bits per heavy atom. The minimum atomic E-state index is -0.887. The maximum atomic E-state index is 13.6. The molecule has 0 unspecified atom stereocenters. The van der Waals surface area contributed by atoms with Crippen LogP contribution < -0.4 is 16.0 Å². The number of fused-ring (bicyclic) bond motifs is 1. The summed E-state index contributed by atoms with van der Waals surface area (Å²) in [6.07, 6.45) is 3.31. The summed E-state index contributed by atoms with van der Waals surface area (Å²) in [5, 5.41) is 21.0. The highest BCUT2D eigenvalue weighted by atomic mass is 16.6. The molecule has 1 aliphatic rings. The molecule has 3 heterocycles. The maximum absolute atomic E-state index is 13.6. The van der Waals surface area contributed by atoms with Crippen LogP contribution in [0.3, 0.4) is 0 Å². The predicted molar refractivity (Wildman–Crippen MR) is 111 cm³/mol. The van der Waals surface area contributed by atoms with Crippen LogP contribution in [0.4, 0.5) is 5.69 Å². The number of hydrogen-bond donors (Lipinski definition) is 1. The first kappa shape index (κ1) is 19.8. The molecule has 0 saturated carbocycles. The van der Waals surface area contributed by atoms with E-state index in [0.29, 0.717) is 11.3 Å². The van der Waals surface area contributed by atoms with E-state index in [-0.39, 0.29) is 40.6 Å². The van der Waals surface area contributed by atoms with E-state index in [1.807, 2.05) is 12.1 Å². The monoisotopic (exact) mass is 415 g/mol. The minimum absolute atomic E-state index is 0.0295. The standard InChI is InChI=1S/C22H17N5O4/c1-13-8-18-20(22(28)26(13)12-14-4-3-7-25-11-14)19(17(10-23)21(24)31-18)15-5-2-6-16(9-15)27(29)30/h2-9,11,19H,12,24H2,1H3/t19-/m1/s1. The van der Waals surface area contributed by atoms with Crippen LogP contribution in [-0.2, 0) is 6.54 Å². The highest BCUT2D eigenvalue weighted by Gasteiger charge is 2.35. The van der Waals surface area contributed by atoms with Crippen LogP contribution in [0.1, 0.15) is 28.3 Å². The molecule has 0 fully saturated rings. The molecule has 1 aromatic carbocycles. The lowest BCUT2D eigenvalue weighted by molar-refractivity contribution is -0.384. The number of nitriles is 1. The first-order valence-electron chi connectivity index (χ1n) is 9.36. The van der Waals surface area contributed by atoms with Crippen molar-refractivity contribution in [2.75, 3.05) is 0 Å². The molecule has 9 nitrogen and oxygen atoms in total. The molecule has 154 valence electrons. The molecule has 4 rings (SSSR count). The number of allylic oxidation sites excluding steroid dienone is 1. The smallest absolute Gasteiger partial charge is 0.269 e. The van der Waals surface area contributed by atoms with Crippen LogP contribution in [0, 0.1) is 28.4 Å². The number of pyridine rings is 2. The number of nitro benzene ring substituents is 1. The number of nitrogens with zero attached hydrogens (tertiary/aromatic N) is 4. The molecule has 31 heavy (non-hydrogen) atoms. The van der Waals surface area contributed by atoms with Crippen molar-refractivity contribution in [2.45, 2.75) is 19.4 Å². The van der Waals surface area contributed by atoms with Crippen LogP contribution in [0.2, 0.25) is 0 Å². The normalized spacial score (nSPS) is 15.0. The van der Waals surface area contributed by atoms with Crippen LogP contribution in [0.5, 0.6) is 5.75 Å². The van der Waals surface area contributed by atoms with Gasteiger partial charge in [-0.1, -0.05) is 18.2 Å². The molecule has 1 aliphatic heterocycles.